The smallest absolute Gasteiger partial charge is 0.248 e. The van der Waals surface area contributed by atoms with Crippen molar-refractivity contribution in [3.63, 3.8) is 0 Å². The van der Waals surface area contributed by atoms with Crippen molar-refractivity contribution in [1.82, 2.24) is 10.2 Å². The van der Waals surface area contributed by atoms with E-state index in [1.807, 2.05) is 79.7 Å². The van der Waals surface area contributed by atoms with Gasteiger partial charge in [-0.2, -0.15) is 0 Å². The topological polar surface area (TPSA) is 57.4 Å². The third-order valence-corrected chi connectivity index (χ3v) is 6.45. The van der Waals surface area contributed by atoms with Gasteiger partial charge in [0, 0.05) is 16.5 Å². The summed E-state index contributed by atoms with van der Waals surface area (Å²) in [6, 6.07) is 32.1. The van der Waals surface area contributed by atoms with Crippen molar-refractivity contribution in [3.8, 4) is 40.2 Å². The lowest BCUT2D eigenvalue weighted by Crippen LogP contribution is -2.18. The maximum atomic E-state index is 6.08. The molecular weight excluding hydrogens is 448 g/mol. The first-order valence-corrected chi connectivity index (χ1v) is 11.9. The Hall–Kier alpha value is -4.38. The molecule has 36 heavy (non-hydrogen) atoms. The second-order valence-electron chi connectivity index (χ2n) is 9.28. The van der Waals surface area contributed by atoms with E-state index in [1.165, 1.54) is 16.7 Å². The molecule has 5 aromatic rings. The normalized spacial score (nSPS) is 11.3. The third kappa shape index (κ3) is 4.86. The average molecular weight is 477 g/mol. The van der Waals surface area contributed by atoms with Crippen LogP contribution >= 0.6 is 0 Å². The maximum Gasteiger partial charge on any atom is 0.248 e. The lowest BCUT2D eigenvalue weighted by molar-refractivity contribution is 0.414. The maximum absolute atomic E-state index is 6.08. The van der Waals surface area contributed by atoms with E-state index in [1.54, 1.807) is 7.11 Å². The van der Waals surface area contributed by atoms with Crippen LogP contribution in [0.5, 0.6) is 17.2 Å². The first kappa shape index (κ1) is 23.4. The van der Waals surface area contributed by atoms with Crippen LogP contribution in [-0.2, 0) is 5.41 Å². The van der Waals surface area contributed by atoms with E-state index in [4.69, 9.17) is 13.9 Å². The van der Waals surface area contributed by atoms with Gasteiger partial charge in [0.15, 0.2) is 0 Å². The molecule has 0 saturated carbocycles. The standard InChI is InChI=1S/C31H28N2O3/c1-21-5-7-22(8-6-21)29-32-33-30(36-29)23-9-15-27(16-10-23)35-28-19-13-25(14-20-28)31(2,3)24-11-17-26(34-4)18-12-24/h5-20H,1-4H3. The Kier molecular flexibility index (Phi) is 6.30. The van der Waals surface area contributed by atoms with E-state index < -0.39 is 0 Å². The first-order valence-electron chi connectivity index (χ1n) is 11.9. The van der Waals surface area contributed by atoms with Crippen LogP contribution in [0.25, 0.3) is 22.9 Å². The van der Waals surface area contributed by atoms with Gasteiger partial charge in [-0.25, -0.2) is 0 Å². The Morgan fingerprint density at radius 3 is 1.47 bits per heavy atom. The molecule has 4 aromatic carbocycles. The fraction of sp³-hybridized carbons (Fsp3) is 0.161. The second kappa shape index (κ2) is 9.70. The number of aromatic nitrogens is 2. The molecule has 0 amide bonds. The van der Waals surface area contributed by atoms with Gasteiger partial charge in [0.05, 0.1) is 7.11 Å². The third-order valence-electron chi connectivity index (χ3n) is 6.45. The molecule has 1 heterocycles. The Labute approximate surface area is 211 Å². The number of methoxy groups -OCH3 is 1. The fourth-order valence-electron chi connectivity index (χ4n) is 4.07. The summed E-state index contributed by atoms with van der Waals surface area (Å²) in [6.45, 7) is 6.47. The summed E-state index contributed by atoms with van der Waals surface area (Å²) in [6.07, 6.45) is 0. The number of hydrogen-bond acceptors (Lipinski definition) is 5. The van der Waals surface area contributed by atoms with Gasteiger partial charge in [-0.3, -0.25) is 0 Å². The zero-order chi connectivity index (χ0) is 25.1. The molecule has 0 N–H and O–H groups in total. The molecule has 5 nitrogen and oxygen atoms in total. The minimum absolute atomic E-state index is 0.145. The van der Waals surface area contributed by atoms with Gasteiger partial charge < -0.3 is 13.9 Å². The van der Waals surface area contributed by atoms with E-state index in [0.29, 0.717) is 11.8 Å². The average Bonchev–Trinajstić information content (AvgIpc) is 3.40. The predicted molar refractivity (Wildman–Crippen MR) is 142 cm³/mol. The Morgan fingerprint density at radius 2 is 1.00 bits per heavy atom. The van der Waals surface area contributed by atoms with Crippen LogP contribution in [0.4, 0.5) is 0 Å². The minimum Gasteiger partial charge on any atom is -0.497 e. The first-order chi connectivity index (χ1) is 17.4. The van der Waals surface area contributed by atoms with E-state index in [2.05, 4.69) is 48.3 Å². The van der Waals surface area contributed by atoms with Gasteiger partial charge in [0.25, 0.3) is 0 Å². The molecule has 0 aliphatic rings. The van der Waals surface area contributed by atoms with Crippen LogP contribution in [0.1, 0.15) is 30.5 Å². The molecule has 180 valence electrons. The van der Waals surface area contributed by atoms with Gasteiger partial charge in [-0.1, -0.05) is 55.8 Å². The molecule has 0 spiro atoms. The molecule has 0 fully saturated rings. The molecule has 0 aliphatic heterocycles. The summed E-state index contributed by atoms with van der Waals surface area (Å²) in [4.78, 5) is 0. The second-order valence-corrected chi connectivity index (χ2v) is 9.28. The SMILES string of the molecule is COc1ccc(C(C)(C)c2ccc(Oc3ccc(-c4nnc(-c5ccc(C)cc5)o4)cc3)cc2)cc1. The van der Waals surface area contributed by atoms with Gasteiger partial charge >= 0.3 is 0 Å². The van der Waals surface area contributed by atoms with Gasteiger partial charge in [0.2, 0.25) is 11.8 Å². The number of rotatable bonds is 7. The highest BCUT2D eigenvalue weighted by Crippen LogP contribution is 2.34. The summed E-state index contributed by atoms with van der Waals surface area (Å²) < 4.78 is 17.2. The zero-order valence-electron chi connectivity index (χ0n) is 20.9. The van der Waals surface area contributed by atoms with E-state index >= 15 is 0 Å². The summed E-state index contributed by atoms with van der Waals surface area (Å²) >= 11 is 0. The van der Waals surface area contributed by atoms with Crippen molar-refractivity contribution in [2.75, 3.05) is 7.11 Å². The molecule has 0 aliphatic carbocycles. The van der Waals surface area contributed by atoms with Crippen LogP contribution < -0.4 is 9.47 Å². The van der Waals surface area contributed by atoms with Crippen molar-refractivity contribution >= 4 is 0 Å². The molecular formula is C31H28N2O3. The summed E-state index contributed by atoms with van der Waals surface area (Å²) in [5, 5.41) is 8.39. The Morgan fingerprint density at radius 1 is 0.583 bits per heavy atom. The number of aryl methyl sites for hydroxylation is 1. The fourth-order valence-corrected chi connectivity index (χ4v) is 4.07. The van der Waals surface area contributed by atoms with Gasteiger partial charge in [-0.15, -0.1) is 10.2 Å². The van der Waals surface area contributed by atoms with Crippen LogP contribution in [-0.4, -0.2) is 17.3 Å². The molecule has 0 atom stereocenters. The predicted octanol–water partition coefficient (Wildman–Crippen LogP) is 7.84. The van der Waals surface area contributed by atoms with Crippen LogP contribution in [0, 0.1) is 6.92 Å². The molecule has 1 aromatic heterocycles. The van der Waals surface area contributed by atoms with Crippen molar-refractivity contribution in [2.24, 2.45) is 0 Å². The minimum atomic E-state index is -0.145. The van der Waals surface area contributed by atoms with E-state index in [0.717, 1.165) is 28.4 Å². The number of ether oxygens (including phenoxy) is 2. The lowest BCUT2D eigenvalue weighted by atomic mass is 9.78. The van der Waals surface area contributed by atoms with Crippen LogP contribution in [0.2, 0.25) is 0 Å². The number of benzene rings is 4. The quantitative estimate of drug-likeness (QED) is 0.239. The van der Waals surface area contributed by atoms with Crippen LogP contribution in [0.15, 0.2) is 101 Å². The van der Waals surface area contributed by atoms with Crippen molar-refractivity contribution in [3.05, 3.63) is 114 Å². The molecule has 0 saturated heterocycles. The van der Waals surface area contributed by atoms with Crippen molar-refractivity contribution in [2.45, 2.75) is 26.2 Å². The van der Waals surface area contributed by atoms with Crippen molar-refractivity contribution < 1.29 is 13.9 Å². The summed E-state index contributed by atoms with van der Waals surface area (Å²) in [5.41, 5.74) is 5.20. The highest BCUT2D eigenvalue weighted by atomic mass is 16.5. The van der Waals surface area contributed by atoms with Gasteiger partial charge in [-0.05, 0) is 78.7 Å². The van der Waals surface area contributed by atoms with E-state index in [9.17, 15) is 0 Å². The number of nitrogens with zero attached hydrogens (tertiary/aromatic N) is 2. The molecule has 5 rings (SSSR count). The molecule has 0 unspecified atom stereocenters. The van der Waals surface area contributed by atoms with E-state index in [-0.39, 0.29) is 5.41 Å². The largest absolute Gasteiger partial charge is 0.497 e. The number of hydrogen-bond donors (Lipinski definition) is 0. The highest BCUT2D eigenvalue weighted by molar-refractivity contribution is 5.59. The lowest BCUT2D eigenvalue weighted by Gasteiger charge is -2.26. The monoisotopic (exact) mass is 476 g/mol. The summed E-state index contributed by atoms with van der Waals surface area (Å²) in [5.74, 6) is 3.34. The Balaban J connectivity index is 1.27. The molecule has 0 bridgehead atoms. The zero-order valence-corrected chi connectivity index (χ0v) is 20.9. The highest BCUT2D eigenvalue weighted by Gasteiger charge is 2.23. The van der Waals surface area contributed by atoms with Gasteiger partial charge in [0.1, 0.15) is 17.2 Å². The van der Waals surface area contributed by atoms with Crippen LogP contribution in [0.3, 0.4) is 0 Å². The molecule has 0 radical (unpaired) electrons. The summed E-state index contributed by atoms with van der Waals surface area (Å²) in [7, 11) is 1.68. The van der Waals surface area contributed by atoms with Crippen molar-refractivity contribution in [1.29, 1.82) is 0 Å². The molecule has 5 heteroatoms. The Bertz CT molecular complexity index is 1430.